The summed E-state index contributed by atoms with van der Waals surface area (Å²) in [6.07, 6.45) is 4.61. The zero-order valence-corrected chi connectivity index (χ0v) is 8.19. The van der Waals surface area contributed by atoms with Gasteiger partial charge in [-0.25, -0.2) is 0 Å². The van der Waals surface area contributed by atoms with Crippen LogP contribution in [0.2, 0.25) is 0 Å². The maximum absolute atomic E-state index is 11.9. The molecule has 1 amide bonds. The van der Waals surface area contributed by atoms with E-state index in [0.717, 1.165) is 19.5 Å². The van der Waals surface area contributed by atoms with Crippen LogP contribution in [0.15, 0.2) is 12.2 Å². The van der Waals surface area contributed by atoms with Crippen molar-refractivity contribution in [3.05, 3.63) is 12.2 Å². The summed E-state index contributed by atoms with van der Waals surface area (Å²) >= 11 is 0. The van der Waals surface area contributed by atoms with Gasteiger partial charge in [0.2, 0.25) is 5.91 Å². The molecule has 78 valence electrons. The Kier molecular flexibility index (Phi) is 2.84. The van der Waals surface area contributed by atoms with Crippen LogP contribution in [-0.2, 0) is 9.53 Å². The van der Waals surface area contributed by atoms with E-state index < -0.39 is 0 Å². The molecule has 14 heavy (non-hydrogen) atoms. The van der Waals surface area contributed by atoms with Gasteiger partial charge in [-0.15, -0.1) is 0 Å². The van der Waals surface area contributed by atoms with Crippen molar-refractivity contribution in [1.29, 1.82) is 0 Å². The molecule has 1 heterocycles. The van der Waals surface area contributed by atoms with E-state index in [9.17, 15) is 4.79 Å². The van der Waals surface area contributed by atoms with Gasteiger partial charge in [0, 0.05) is 19.1 Å². The normalized spacial score (nSPS) is 32.2. The minimum absolute atomic E-state index is 0.00287. The fourth-order valence-corrected chi connectivity index (χ4v) is 1.93. The van der Waals surface area contributed by atoms with Gasteiger partial charge in [-0.1, -0.05) is 12.2 Å². The first-order valence-corrected chi connectivity index (χ1v) is 5.08. The maximum atomic E-state index is 11.9. The van der Waals surface area contributed by atoms with Gasteiger partial charge < -0.3 is 15.4 Å². The van der Waals surface area contributed by atoms with Crippen molar-refractivity contribution < 1.29 is 9.53 Å². The highest BCUT2D eigenvalue weighted by molar-refractivity contribution is 5.81. The summed E-state index contributed by atoms with van der Waals surface area (Å²) in [5.74, 6) is 0.209. The van der Waals surface area contributed by atoms with Crippen molar-refractivity contribution in [1.82, 2.24) is 4.90 Å². The Balaban J connectivity index is 1.91. The Hall–Kier alpha value is -0.870. The monoisotopic (exact) mass is 196 g/mol. The van der Waals surface area contributed by atoms with Gasteiger partial charge >= 0.3 is 0 Å². The first-order chi connectivity index (χ1) is 6.77. The van der Waals surface area contributed by atoms with E-state index in [-0.39, 0.29) is 17.9 Å². The summed E-state index contributed by atoms with van der Waals surface area (Å²) in [5, 5.41) is 0. The Morgan fingerprint density at radius 1 is 1.36 bits per heavy atom. The van der Waals surface area contributed by atoms with Crippen LogP contribution in [0.5, 0.6) is 0 Å². The van der Waals surface area contributed by atoms with Crippen LogP contribution in [-0.4, -0.2) is 43.2 Å². The number of nitrogens with zero attached hydrogens (tertiary/aromatic N) is 1. The fraction of sp³-hybridized carbons (Fsp3) is 0.700. The van der Waals surface area contributed by atoms with Gasteiger partial charge in [0.1, 0.15) is 0 Å². The van der Waals surface area contributed by atoms with Gasteiger partial charge in [0.25, 0.3) is 0 Å². The molecule has 0 aromatic rings. The van der Waals surface area contributed by atoms with E-state index in [1.54, 1.807) is 0 Å². The molecule has 1 fully saturated rings. The highest BCUT2D eigenvalue weighted by atomic mass is 16.5. The van der Waals surface area contributed by atoms with Crippen molar-refractivity contribution in [2.75, 3.05) is 26.3 Å². The summed E-state index contributed by atoms with van der Waals surface area (Å²) < 4.78 is 5.20. The van der Waals surface area contributed by atoms with Gasteiger partial charge in [-0.3, -0.25) is 4.79 Å². The second-order valence-electron chi connectivity index (χ2n) is 3.83. The Morgan fingerprint density at radius 2 is 2.07 bits per heavy atom. The largest absolute Gasteiger partial charge is 0.378 e. The summed E-state index contributed by atoms with van der Waals surface area (Å²) in [6, 6.07) is 0.0602. The number of nitrogens with two attached hydrogens (primary N) is 1. The summed E-state index contributed by atoms with van der Waals surface area (Å²) in [4.78, 5) is 13.8. The van der Waals surface area contributed by atoms with Crippen molar-refractivity contribution in [2.24, 2.45) is 11.7 Å². The SMILES string of the molecule is NC1C=CC(C(=O)N2CCOCC2)C1. The first kappa shape index (κ1) is 9.68. The fourth-order valence-electron chi connectivity index (χ4n) is 1.93. The number of morpholine rings is 1. The molecule has 2 N–H and O–H groups in total. The van der Waals surface area contributed by atoms with Crippen LogP contribution < -0.4 is 5.73 Å². The number of amides is 1. The van der Waals surface area contributed by atoms with Crippen molar-refractivity contribution in [2.45, 2.75) is 12.5 Å². The van der Waals surface area contributed by atoms with E-state index >= 15 is 0 Å². The molecule has 2 unspecified atom stereocenters. The van der Waals surface area contributed by atoms with Crippen LogP contribution in [0, 0.1) is 5.92 Å². The summed E-state index contributed by atoms with van der Waals surface area (Å²) in [7, 11) is 0. The third-order valence-electron chi connectivity index (χ3n) is 2.76. The van der Waals surface area contributed by atoms with Gasteiger partial charge in [0.15, 0.2) is 0 Å². The molecule has 0 bridgehead atoms. The lowest BCUT2D eigenvalue weighted by atomic mass is 10.1. The molecule has 4 heteroatoms. The topological polar surface area (TPSA) is 55.6 Å². The lowest BCUT2D eigenvalue weighted by molar-refractivity contribution is -0.138. The van der Waals surface area contributed by atoms with Crippen molar-refractivity contribution in [3.63, 3.8) is 0 Å². The quantitative estimate of drug-likeness (QED) is 0.588. The average molecular weight is 196 g/mol. The van der Waals surface area contributed by atoms with Crippen LogP contribution >= 0.6 is 0 Å². The predicted octanol–water partition coefficient (Wildman–Crippen LogP) is -0.251. The second-order valence-corrected chi connectivity index (χ2v) is 3.83. The van der Waals surface area contributed by atoms with Gasteiger partial charge in [0.05, 0.1) is 19.1 Å². The van der Waals surface area contributed by atoms with Gasteiger partial charge in [-0.2, -0.15) is 0 Å². The second kappa shape index (κ2) is 4.11. The lowest BCUT2D eigenvalue weighted by Crippen LogP contribution is -2.43. The molecule has 1 saturated heterocycles. The van der Waals surface area contributed by atoms with E-state index in [0.29, 0.717) is 13.2 Å². The van der Waals surface area contributed by atoms with E-state index in [1.165, 1.54) is 0 Å². The third-order valence-corrected chi connectivity index (χ3v) is 2.76. The smallest absolute Gasteiger partial charge is 0.229 e. The molecule has 0 aromatic carbocycles. The van der Waals surface area contributed by atoms with Crippen LogP contribution in [0.4, 0.5) is 0 Å². The minimum Gasteiger partial charge on any atom is -0.378 e. The molecule has 1 aliphatic carbocycles. The van der Waals surface area contributed by atoms with Crippen LogP contribution in [0.1, 0.15) is 6.42 Å². The molecule has 2 rings (SSSR count). The number of ether oxygens (including phenoxy) is 1. The molecule has 4 nitrogen and oxygen atoms in total. The van der Waals surface area contributed by atoms with E-state index in [2.05, 4.69) is 0 Å². The third kappa shape index (κ3) is 1.96. The molecule has 0 aromatic heterocycles. The van der Waals surface area contributed by atoms with Crippen molar-refractivity contribution >= 4 is 5.91 Å². The number of carbonyl (C=O) groups excluding carboxylic acids is 1. The van der Waals surface area contributed by atoms with Crippen LogP contribution in [0.25, 0.3) is 0 Å². The Morgan fingerprint density at radius 3 is 2.64 bits per heavy atom. The van der Waals surface area contributed by atoms with Crippen LogP contribution in [0.3, 0.4) is 0 Å². The first-order valence-electron chi connectivity index (χ1n) is 5.08. The summed E-state index contributed by atoms with van der Waals surface area (Å²) in [5.41, 5.74) is 5.71. The van der Waals surface area contributed by atoms with E-state index in [1.807, 2.05) is 17.1 Å². The number of hydrogen-bond acceptors (Lipinski definition) is 3. The zero-order chi connectivity index (χ0) is 9.97. The predicted molar refractivity (Wildman–Crippen MR) is 52.6 cm³/mol. The molecular formula is C10H16N2O2. The maximum Gasteiger partial charge on any atom is 0.229 e. The van der Waals surface area contributed by atoms with E-state index in [4.69, 9.17) is 10.5 Å². The highest BCUT2D eigenvalue weighted by Gasteiger charge is 2.27. The Bertz CT molecular complexity index is 247. The average Bonchev–Trinajstić information content (AvgIpc) is 2.65. The number of carbonyl (C=O) groups is 1. The molecular weight excluding hydrogens is 180 g/mol. The molecule has 1 aliphatic heterocycles. The molecule has 0 radical (unpaired) electrons. The highest BCUT2D eigenvalue weighted by Crippen LogP contribution is 2.19. The summed E-state index contributed by atoms with van der Waals surface area (Å²) in [6.45, 7) is 2.76. The van der Waals surface area contributed by atoms with Gasteiger partial charge in [-0.05, 0) is 6.42 Å². The standard InChI is InChI=1S/C10H16N2O2/c11-9-2-1-8(7-9)10(13)12-3-5-14-6-4-12/h1-2,8-9H,3-7,11H2. The molecule has 2 atom stereocenters. The lowest BCUT2D eigenvalue weighted by Gasteiger charge is -2.28. The minimum atomic E-state index is 0.00287. The molecule has 2 aliphatic rings. The molecule has 0 saturated carbocycles. The number of hydrogen-bond donors (Lipinski definition) is 1. The number of rotatable bonds is 1. The van der Waals surface area contributed by atoms with Crippen molar-refractivity contribution in [3.8, 4) is 0 Å². The molecule has 0 spiro atoms. The Labute approximate surface area is 83.7 Å². The zero-order valence-electron chi connectivity index (χ0n) is 8.19.